The number of nitrogens with zero attached hydrogens (tertiary/aromatic N) is 1. The first-order valence-corrected chi connectivity index (χ1v) is 15.6. The summed E-state index contributed by atoms with van der Waals surface area (Å²) in [5.41, 5.74) is 1.91. The maximum absolute atomic E-state index is 14.9. The van der Waals surface area contributed by atoms with E-state index < -0.39 is 35.4 Å². The van der Waals surface area contributed by atoms with Crippen molar-refractivity contribution in [3.05, 3.63) is 95.1 Å². The van der Waals surface area contributed by atoms with E-state index in [9.17, 15) is 22.8 Å². The number of hydrogen-bond acceptors (Lipinski definition) is 7. The Kier molecular flexibility index (Phi) is 11.6. The molecule has 0 aliphatic carbocycles. The maximum atomic E-state index is 14.9. The van der Waals surface area contributed by atoms with Crippen LogP contribution in [0.15, 0.2) is 60.9 Å². The minimum absolute atomic E-state index is 0.00303. The molecule has 0 bridgehead atoms. The number of alkyl carbamates (subject to hydrolysis) is 1. The first-order valence-electron chi connectivity index (χ1n) is 15.6. The first-order chi connectivity index (χ1) is 22.2. The molecule has 4 atom stereocenters. The predicted octanol–water partition coefficient (Wildman–Crippen LogP) is 5.24. The average Bonchev–Trinajstić information content (AvgIpc) is 3.60. The number of halogens is 3. The highest BCUT2D eigenvalue weighted by atomic mass is 19.1. The van der Waals surface area contributed by atoms with Crippen molar-refractivity contribution < 1.29 is 37.0 Å². The molecule has 2 aliphatic rings. The molecule has 1 aromatic heterocycles. The molecule has 0 saturated carbocycles. The summed E-state index contributed by atoms with van der Waals surface area (Å²) in [6.07, 6.45) is 4.38. The second-order valence-corrected chi connectivity index (χ2v) is 11.7. The fraction of sp³-hybridized carbons (Fsp3) is 0.441. The molecule has 9 nitrogen and oxygen atoms in total. The summed E-state index contributed by atoms with van der Waals surface area (Å²) < 4.78 is 59.1. The molecule has 2 amide bonds. The van der Waals surface area contributed by atoms with Crippen LogP contribution in [0.3, 0.4) is 0 Å². The molecule has 2 saturated heterocycles. The van der Waals surface area contributed by atoms with E-state index in [0.717, 1.165) is 19.0 Å². The summed E-state index contributed by atoms with van der Waals surface area (Å²) in [7, 11) is 0. The third-order valence-corrected chi connectivity index (χ3v) is 8.38. The van der Waals surface area contributed by atoms with E-state index in [1.54, 1.807) is 24.3 Å². The summed E-state index contributed by atoms with van der Waals surface area (Å²) in [4.78, 5) is 29.4. The zero-order chi connectivity index (χ0) is 32.5. The number of carbonyl (C=O) groups excluding carboxylic acids is 2. The molecule has 2 aromatic carbocycles. The van der Waals surface area contributed by atoms with Crippen LogP contribution in [0, 0.1) is 17.5 Å². The van der Waals surface area contributed by atoms with Crippen LogP contribution in [-0.2, 0) is 25.4 Å². The standard InChI is InChI=1S/C34H39F3N4O5/c1-21(32-3-2-14-44-32)40-34(43)46-20-26-19-45-27(16-39-26)12-13-28-30(37)17-38-18-31(28)41-33(42)15-29(22-4-8-24(35)9-5-22)23-6-10-25(36)11-7-23/h4-11,17-18,21,26-27,29,32,39H,2-3,12-16,19-20H2,1H3,(H,40,43)(H,41,42)/t21?,26-,27+,32?/m0/s1. The van der Waals surface area contributed by atoms with Crippen LogP contribution in [-0.4, -0.2) is 67.6 Å². The second kappa shape index (κ2) is 16.0. The molecule has 46 heavy (non-hydrogen) atoms. The normalized spacial score (nSPS) is 20.3. The number of nitrogens with one attached hydrogen (secondary N) is 3. The minimum atomic E-state index is -0.551. The van der Waals surface area contributed by atoms with Gasteiger partial charge in [-0.2, -0.15) is 0 Å². The van der Waals surface area contributed by atoms with Crippen molar-refractivity contribution in [2.75, 3.05) is 31.7 Å². The van der Waals surface area contributed by atoms with Crippen LogP contribution in [0.2, 0.25) is 0 Å². The summed E-state index contributed by atoms with van der Waals surface area (Å²) in [5.74, 6) is -2.26. The van der Waals surface area contributed by atoms with E-state index in [0.29, 0.717) is 42.9 Å². The van der Waals surface area contributed by atoms with E-state index in [4.69, 9.17) is 14.2 Å². The Balaban J connectivity index is 1.12. The largest absolute Gasteiger partial charge is 0.448 e. The van der Waals surface area contributed by atoms with Gasteiger partial charge in [-0.1, -0.05) is 24.3 Å². The lowest BCUT2D eigenvalue weighted by Crippen LogP contribution is -2.50. The van der Waals surface area contributed by atoms with Crippen LogP contribution < -0.4 is 16.0 Å². The van der Waals surface area contributed by atoms with Crippen LogP contribution in [0.4, 0.5) is 23.7 Å². The zero-order valence-corrected chi connectivity index (χ0v) is 25.6. The Bertz CT molecular complexity index is 1400. The smallest absolute Gasteiger partial charge is 0.407 e. The molecule has 0 spiro atoms. The fourth-order valence-corrected chi connectivity index (χ4v) is 5.79. The Hall–Kier alpha value is -4.00. The number of anilines is 1. The lowest BCUT2D eigenvalue weighted by Gasteiger charge is -2.30. The van der Waals surface area contributed by atoms with Gasteiger partial charge in [-0.05, 0) is 68.0 Å². The fourth-order valence-electron chi connectivity index (χ4n) is 5.79. The number of rotatable bonds is 12. The number of hydrogen-bond donors (Lipinski definition) is 3. The summed E-state index contributed by atoms with van der Waals surface area (Å²) in [6.45, 7) is 3.54. The summed E-state index contributed by atoms with van der Waals surface area (Å²) in [5, 5.41) is 8.91. The van der Waals surface area contributed by atoms with Crippen molar-refractivity contribution in [1.29, 1.82) is 0 Å². The number of aromatic nitrogens is 1. The lowest BCUT2D eigenvalue weighted by atomic mass is 9.88. The van der Waals surface area contributed by atoms with Crippen molar-refractivity contribution in [2.45, 2.75) is 69.2 Å². The number of pyridine rings is 1. The third-order valence-electron chi connectivity index (χ3n) is 8.38. The summed E-state index contributed by atoms with van der Waals surface area (Å²) >= 11 is 0. The van der Waals surface area contributed by atoms with Crippen LogP contribution in [0.5, 0.6) is 0 Å². The van der Waals surface area contributed by atoms with Crippen molar-refractivity contribution in [2.24, 2.45) is 0 Å². The van der Waals surface area contributed by atoms with Gasteiger partial charge in [0.1, 0.15) is 24.1 Å². The molecular weight excluding hydrogens is 601 g/mol. The monoisotopic (exact) mass is 640 g/mol. The molecule has 2 unspecified atom stereocenters. The van der Waals surface area contributed by atoms with Gasteiger partial charge in [-0.25, -0.2) is 18.0 Å². The molecule has 0 radical (unpaired) electrons. The highest BCUT2D eigenvalue weighted by Gasteiger charge is 2.27. The predicted molar refractivity (Wildman–Crippen MR) is 165 cm³/mol. The number of amides is 2. The topological polar surface area (TPSA) is 111 Å². The number of morpholine rings is 1. The highest BCUT2D eigenvalue weighted by Crippen LogP contribution is 2.30. The van der Waals surface area contributed by atoms with E-state index in [1.807, 2.05) is 6.92 Å². The average molecular weight is 641 g/mol. The number of benzene rings is 2. The van der Waals surface area contributed by atoms with Gasteiger partial charge < -0.3 is 30.2 Å². The molecule has 2 fully saturated rings. The third kappa shape index (κ3) is 9.27. The molecule has 246 valence electrons. The van der Waals surface area contributed by atoms with E-state index >= 15 is 0 Å². The van der Waals surface area contributed by atoms with Crippen LogP contribution in [0.1, 0.15) is 55.2 Å². The van der Waals surface area contributed by atoms with Crippen molar-refractivity contribution in [3.63, 3.8) is 0 Å². The lowest BCUT2D eigenvalue weighted by molar-refractivity contribution is -0.116. The van der Waals surface area contributed by atoms with Crippen molar-refractivity contribution >= 4 is 17.7 Å². The van der Waals surface area contributed by atoms with Crippen LogP contribution >= 0.6 is 0 Å². The number of ether oxygens (including phenoxy) is 3. The molecule has 12 heteroatoms. The molecule has 3 N–H and O–H groups in total. The van der Waals surface area contributed by atoms with Gasteiger partial charge in [0.15, 0.2) is 0 Å². The van der Waals surface area contributed by atoms with Gasteiger partial charge in [0, 0.05) is 31.1 Å². The molecule has 3 heterocycles. The Labute approximate surface area is 266 Å². The van der Waals surface area contributed by atoms with Crippen LogP contribution in [0.25, 0.3) is 0 Å². The van der Waals surface area contributed by atoms with E-state index in [2.05, 4.69) is 20.9 Å². The van der Waals surface area contributed by atoms with Gasteiger partial charge in [-0.15, -0.1) is 0 Å². The van der Waals surface area contributed by atoms with Gasteiger partial charge in [0.2, 0.25) is 5.91 Å². The number of carbonyl (C=O) groups is 2. The second-order valence-electron chi connectivity index (χ2n) is 11.7. The minimum Gasteiger partial charge on any atom is -0.448 e. The molecule has 5 rings (SSSR count). The quantitative estimate of drug-likeness (QED) is 0.248. The molecular formula is C34H39F3N4O5. The van der Waals surface area contributed by atoms with Gasteiger partial charge in [0.25, 0.3) is 0 Å². The summed E-state index contributed by atoms with van der Waals surface area (Å²) in [6, 6.07) is 11.3. The first kappa shape index (κ1) is 33.4. The Morgan fingerprint density at radius 1 is 1.02 bits per heavy atom. The van der Waals surface area contributed by atoms with E-state index in [1.165, 1.54) is 30.5 Å². The molecule has 2 aliphatic heterocycles. The highest BCUT2D eigenvalue weighted by molar-refractivity contribution is 5.92. The Morgan fingerprint density at radius 3 is 2.33 bits per heavy atom. The zero-order valence-electron chi connectivity index (χ0n) is 25.6. The van der Waals surface area contributed by atoms with Crippen molar-refractivity contribution in [3.8, 4) is 0 Å². The van der Waals surface area contributed by atoms with Gasteiger partial charge in [0.05, 0.1) is 49.0 Å². The van der Waals surface area contributed by atoms with Gasteiger partial charge >= 0.3 is 6.09 Å². The maximum Gasteiger partial charge on any atom is 0.407 e. The van der Waals surface area contributed by atoms with Gasteiger partial charge in [-0.3, -0.25) is 9.78 Å². The SMILES string of the molecule is CC(NC(=O)OC[C@@H]1CO[C@H](CCc2c(F)cncc2NC(=O)CC(c2ccc(F)cc2)c2ccc(F)cc2)CN1)C1CCCO1. The van der Waals surface area contributed by atoms with Crippen molar-refractivity contribution in [1.82, 2.24) is 15.6 Å². The Morgan fingerprint density at radius 2 is 1.72 bits per heavy atom. The molecule has 3 aromatic rings. The van der Waals surface area contributed by atoms with E-state index in [-0.39, 0.29) is 49.4 Å².